The number of morpholine rings is 1. The number of rotatable bonds is 5. The van der Waals surface area contributed by atoms with Crippen molar-refractivity contribution in [1.29, 1.82) is 0 Å². The number of aliphatic hydroxyl groups is 1. The second-order valence-electron chi connectivity index (χ2n) is 6.32. The predicted octanol–water partition coefficient (Wildman–Crippen LogP) is 0.567. The third-order valence-corrected chi connectivity index (χ3v) is 4.29. The van der Waals surface area contributed by atoms with Crippen LogP contribution in [-0.4, -0.2) is 52.8 Å². The van der Waals surface area contributed by atoms with E-state index < -0.39 is 0 Å². The minimum Gasteiger partial charge on any atom is -0.394 e. The fourth-order valence-corrected chi connectivity index (χ4v) is 3.15. The summed E-state index contributed by atoms with van der Waals surface area (Å²) in [4.78, 5) is 2.30. The van der Waals surface area contributed by atoms with E-state index in [4.69, 9.17) is 4.74 Å². The molecule has 0 bridgehead atoms. The monoisotopic (exact) mass is 294 g/mol. The van der Waals surface area contributed by atoms with Gasteiger partial charge < -0.3 is 20.1 Å². The molecule has 1 aliphatic carbocycles. The van der Waals surface area contributed by atoms with Crippen molar-refractivity contribution in [2.45, 2.75) is 51.5 Å². The third kappa shape index (κ3) is 3.22. The number of aryl methyl sites for hydroxylation is 2. The van der Waals surface area contributed by atoms with Gasteiger partial charge in [-0.2, -0.15) is 5.10 Å². The van der Waals surface area contributed by atoms with Crippen molar-refractivity contribution >= 4 is 5.82 Å². The molecular weight excluding hydrogens is 268 g/mol. The van der Waals surface area contributed by atoms with Crippen molar-refractivity contribution in [2.75, 3.05) is 24.6 Å². The van der Waals surface area contributed by atoms with E-state index >= 15 is 0 Å². The van der Waals surface area contributed by atoms with E-state index in [2.05, 4.69) is 29.2 Å². The van der Waals surface area contributed by atoms with Crippen LogP contribution >= 0.6 is 0 Å². The van der Waals surface area contributed by atoms with Crippen molar-refractivity contribution < 1.29 is 9.84 Å². The summed E-state index contributed by atoms with van der Waals surface area (Å²) in [5, 5.41) is 17.6. The highest BCUT2D eigenvalue weighted by Crippen LogP contribution is 2.28. The number of nitrogens with one attached hydrogen (secondary N) is 1. The van der Waals surface area contributed by atoms with Crippen LogP contribution in [0.1, 0.15) is 31.0 Å². The van der Waals surface area contributed by atoms with Gasteiger partial charge in [0, 0.05) is 38.3 Å². The summed E-state index contributed by atoms with van der Waals surface area (Å²) < 4.78 is 7.71. The highest BCUT2D eigenvalue weighted by molar-refractivity contribution is 5.51. The van der Waals surface area contributed by atoms with E-state index in [-0.39, 0.29) is 18.8 Å². The van der Waals surface area contributed by atoms with E-state index in [1.807, 2.05) is 11.7 Å². The number of ether oxygens (including phenoxy) is 1. The van der Waals surface area contributed by atoms with Gasteiger partial charge in [-0.15, -0.1) is 0 Å². The van der Waals surface area contributed by atoms with E-state index in [9.17, 15) is 5.11 Å². The number of anilines is 1. The first-order valence-corrected chi connectivity index (χ1v) is 7.85. The van der Waals surface area contributed by atoms with Gasteiger partial charge in [0.2, 0.25) is 0 Å². The van der Waals surface area contributed by atoms with Gasteiger partial charge in [-0.05, 0) is 26.7 Å². The lowest BCUT2D eigenvalue weighted by Gasteiger charge is -2.37. The van der Waals surface area contributed by atoms with Gasteiger partial charge >= 0.3 is 0 Å². The molecule has 1 saturated carbocycles. The van der Waals surface area contributed by atoms with Crippen LogP contribution in [-0.2, 0) is 18.3 Å². The van der Waals surface area contributed by atoms with Gasteiger partial charge in [-0.25, -0.2) is 0 Å². The van der Waals surface area contributed by atoms with Crippen LogP contribution in [0.3, 0.4) is 0 Å². The maximum atomic E-state index is 9.42. The van der Waals surface area contributed by atoms with Crippen LogP contribution < -0.4 is 10.2 Å². The first kappa shape index (κ1) is 14.8. The Balaban J connectivity index is 1.81. The summed E-state index contributed by atoms with van der Waals surface area (Å²) in [7, 11) is 2.00. The Labute approximate surface area is 126 Å². The molecule has 0 amide bonds. The molecule has 6 nitrogen and oxygen atoms in total. The molecule has 2 atom stereocenters. The van der Waals surface area contributed by atoms with Crippen LogP contribution in [0, 0.1) is 6.92 Å². The third-order valence-electron chi connectivity index (χ3n) is 4.29. The first-order chi connectivity index (χ1) is 10.1. The molecule has 1 aromatic heterocycles. The van der Waals surface area contributed by atoms with E-state index in [0.29, 0.717) is 6.04 Å². The SMILES string of the molecule is Cc1nn(C)c(N2CC(C)OC(CO)C2)c1CNC1CC1. The molecule has 1 aromatic rings. The zero-order valence-electron chi connectivity index (χ0n) is 13.2. The summed E-state index contributed by atoms with van der Waals surface area (Å²) in [6, 6.07) is 0.686. The standard InChI is InChI=1S/C15H26N4O2/c1-10-7-19(8-13(9-20)21-10)15-14(6-16-12-4-5-12)11(2)17-18(15)3/h10,12-13,16,20H,4-9H2,1-3H3. The highest BCUT2D eigenvalue weighted by atomic mass is 16.5. The summed E-state index contributed by atoms with van der Waals surface area (Å²) >= 11 is 0. The van der Waals surface area contributed by atoms with Gasteiger partial charge in [0.15, 0.2) is 0 Å². The lowest BCUT2D eigenvalue weighted by atomic mass is 10.1. The largest absolute Gasteiger partial charge is 0.394 e. The van der Waals surface area contributed by atoms with Gasteiger partial charge in [-0.3, -0.25) is 4.68 Å². The van der Waals surface area contributed by atoms with Crippen LogP contribution in [0.15, 0.2) is 0 Å². The number of hydrogen-bond acceptors (Lipinski definition) is 5. The van der Waals surface area contributed by atoms with Gasteiger partial charge in [0.05, 0.1) is 24.5 Å². The van der Waals surface area contributed by atoms with Crippen molar-refractivity contribution in [3.8, 4) is 0 Å². The zero-order valence-corrected chi connectivity index (χ0v) is 13.2. The lowest BCUT2D eigenvalue weighted by molar-refractivity contribution is -0.0424. The van der Waals surface area contributed by atoms with Gasteiger partial charge in [0.1, 0.15) is 5.82 Å². The Morgan fingerprint density at radius 3 is 2.81 bits per heavy atom. The van der Waals surface area contributed by atoms with E-state index in [1.54, 1.807) is 0 Å². The number of hydrogen-bond donors (Lipinski definition) is 2. The maximum Gasteiger partial charge on any atom is 0.131 e. The molecule has 1 saturated heterocycles. The summed E-state index contributed by atoms with van der Waals surface area (Å²) in [6.07, 6.45) is 2.58. The molecule has 2 N–H and O–H groups in total. The second-order valence-corrected chi connectivity index (χ2v) is 6.32. The Bertz CT molecular complexity index is 498. The predicted molar refractivity (Wildman–Crippen MR) is 81.4 cm³/mol. The van der Waals surface area contributed by atoms with Crippen LogP contribution in [0.2, 0.25) is 0 Å². The molecule has 0 aromatic carbocycles. The van der Waals surface area contributed by atoms with Crippen molar-refractivity contribution in [3.63, 3.8) is 0 Å². The summed E-state index contributed by atoms with van der Waals surface area (Å²) in [5.74, 6) is 1.16. The van der Waals surface area contributed by atoms with E-state index in [0.717, 1.165) is 31.1 Å². The smallest absolute Gasteiger partial charge is 0.131 e. The van der Waals surface area contributed by atoms with Crippen LogP contribution in [0.5, 0.6) is 0 Å². The van der Waals surface area contributed by atoms with Crippen molar-refractivity contribution in [3.05, 3.63) is 11.3 Å². The van der Waals surface area contributed by atoms with Gasteiger partial charge in [-0.1, -0.05) is 0 Å². The van der Waals surface area contributed by atoms with Crippen molar-refractivity contribution in [2.24, 2.45) is 7.05 Å². The fraction of sp³-hybridized carbons (Fsp3) is 0.800. The molecule has 2 aliphatic rings. The van der Waals surface area contributed by atoms with Crippen molar-refractivity contribution in [1.82, 2.24) is 15.1 Å². The molecule has 1 aliphatic heterocycles. The number of nitrogens with zero attached hydrogens (tertiary/aromatic N) is 3. The minimum absolute atomic E-state index is 0.0628. The average Bonchev–Trinajstić information content (AvgIpc) is 3.21. The van der Waals surface area contributed by atoms with E-state index in [1.165, 1.54) is 18.4 Å². The molecule has 2 heterocycles. The number of aliphatic hydroxyl groups excluding tert-OH is 1. The summed E-state index contributed by atoms with van der Waals surface area (Å²) in [5.41, 5.74) is 2.36. The molecule has 2 fully saturated rings. The Morgan fingerprint density at radius 2 is 2.14 bits per heavy atom. The normalized spacial score (nSPS) is 26.4. The minimum atomic E-state index is -0.117. The Hall–Kier alpha value is -1.11. The molecule has 0 spiro atoms. The number of aromatic nitrogens is 2. The molecular formula is C15H26N4O2. The van der Waals surface area contributed by atoms with Crippen LogP contribution in [0.4, 0.5) is 5.82 Å². The molecule has 0 radical (unpaired) electrons. The highest BCUT2D eigenvalue weighted by Gasteiger charge is 2.29. The maximum absolute atomic E-state index is 9.42. The molecule has 6 heteroatoms. The molecule has 118 valence electrons. The quantitative estimate of drug-likeness (QED) is 0.831. The van der Waals surface area contributed by atoms with Gasteiger partial charge in [0.25, 0.3) is 0 Å². The lowest BCUT2D eigenvalue weighted by Crippen LogP contribution is -2.49. The fourth-order valence-electron chi connectivity index (χ4n) is 3.15. The summed E-state index contributed by atoms with van der Waals surface area (Å²) in [6.45, 7) is 6.62. The zero-order chi connectivity index (χ0) is 15.0. The molecule has 21 heavy (non-hydrogen) atoms. The Morgan fingerprint density at radius 1 is 1.38 bits per heavy atom. The van der Waals surface area contributed by atoms with Crippen LogP contribution in [0.25, 0.3) is 0 Å². The average molecular weight is 294 g/mol. The molecule has 3 rings (SSSR count). The molecule has 2 unspecified atom stereocenters. The second kappa shape index (κ2) is 5.94. The topological polar surface area (TPSA) is 62.6 Å². The first-order valence-electron chi connectivity index (χ1n) is 7.85. The Kier molecular flexibility index (Phi) is 4.19.